The Morgan fingerprint density at radius 2 is 1.10 bits per heavy atom. The number of ketones is 2. The molecule has 18 nitrogen and oxygen atoms in total. The molecular formula is C39H67ClN8O10S4. The number of likely N-dealkylation sites (tertiary alicyclic amines) is 1. The van der Waals surface area contributed by atoms with Crippen molar-refractivity contribution < 1.29 is 48.6 Å². The van der Waals surface area contributed by atoms with E-state index in [1.54, 1.807) is 13.8 Å². The molecular weight excluding hydrogens is 904 g/mol. The number of carbonyl (C=O) groups is 8. The zero-order chi connectivity index (χ0) is 45.5. The van der Waals surface area contributed by atoms with Crippen molar-refractivity contribution in [2.45, 2.75) is 137 Å². The van der Waals surface area contributed by atoms with Gasteiger partial charge in [0, 0.05) is 36.1 Å². The second-order valence-corrected chi connectivity index (χ2v) is 22.4. The van der Waals surface area contributed by atoms with Gasteiger partial charge in [-0.25, -0.2) is 0 Å². The van der Waals surface area contributed by atoms with Crippen molar-refractivity contribution in [1.29, 1.82) is 0 Å². The summed E-state index contributed by atoms with van der Waals surface area (Å²) in [6.45, 7) is 10.5. The lowest BCUT2D eigenvalue weighted by Gasteiger charge is -2.26. The van der Waals surface area contributed by atoms with Gasteiger partial charge in [0.2, 0.25) is 23.6 Å². The molecule has 0 aliphatic carbocycles. The predicted molar refractivity (Wildman–Crippen MR) is 248 cm³/mol. The molecule has 0 aromatic carbocycles. The molecule has 0 aromatic rings. The van der Waals surface area contributed by atoms with Gasteiger partial charge >= 0.3 is 0 Å². The van der Waals surface area contributed by atoms with Crippen LogP contribution in [0.1, 0.15) is 80.1 Å². The highest BCUT2D eigenvalue weighted by Gasteiger charge is 2.49. The van der Waals surface area contributed by atoms with Gasteiger partial charge in [-0.3, -0.25) is 43.3 Å². The molecule has 4 aliphatic rings. The summed E-state index contributed by atoms with van der Waals surface area (Å²) in [6, 6.07) is -3.44. The molecule has 0 saturated carbocycles. The number of nitrogens with zero attached hydrogens (tertiary/aromatic N) is 1. The lowest BCUT2D eigenvalue weighted by atomic mass is 10.0. The molecule has 8 atom stereocenters. The van der Waals surface area contributed by atoms with Crippen LogP contribution >= 0.6 is 59.5 Å². The maximum absolute atomic E-state index is 12.9. The summed E-state index contributed by atoms with van der Waals surface area (Å²) in [5, 5.41) is 39.5. The van der Waals surface area contributed by atoms with Crippen molar-refractivity contribution >= 4 is 106 Å². The van der Waals surface area contributed by atoms with Crippen LogP contribution in [0.4, 0.5) is 0 Å². The van der Waals surface area contributed by atoms with Crippen LogP contribution in [0.25, 0.3) is 0 Å². The monoisotopic (exact) mass is 970 g/mol. The smallest absolute Gasteiger partial charge is 0.251 e. The van der Waals surface area contributed by atoms with Gasteiger partial charge in [0.25, 0.3) is 11.8 Å². The summed E-state index contributed by atoms with van der Waals surface area (Å²) in [6.07, 6.45) is 0.690. The van der Waals surface area contributed by atoms with Crippen molar-refractivity contribution in [3.05, 3.63) is 0 Å². The van der Waals surface area contributed by atoms with Crippen molar-refractivity contribution in [2.75, 3.05) is 56.2 Å². The van der Waals surface area contributed by atoms with Crippen molar-refractivity contribution in [3.8, 4) is 0 Å². The third-order valence-electron chi connectivity index (χ3n) is 10.9. The van der Waals surface area contributed by atoms with E-state index in [9.17, 15) is 48.6 Å². The standard InChI is InChI=1S/C20H34N4O5S2.C19H32N4O5S2.ClH/c1-5-6-14(17(27)19(29)21-10-16(26)22-12(2)13(3)25)23-18(28)15-9-20(11-24(15)4)30-7-8-31-20;1-4-5-13(16(26)18(28)20-9-15(25)22-11(2)12(3)24)23-17(27)14-8-19(10-21-14)29-6-7-30-19;/h12,14-15,17,27H,5-11H2,1-4H3,(H,21,29)(H,22,26)(H,23,28);11,13-14,16,21,26H,4-10H2,1-3H3,(H,20,28)(H,22,25)(H,23,27);1H/t12-,14?,15-,17?;11-,13?,14-,16?;/m00./s1. The summed E-state index contributed by atoms with van der Waals surface area (Å²) < 4.78 is 0.0972. The van der Waals surface area contributed by atoms with Crippen LogP contribution in [0, 0.1) is 0 Å². The molecule has 62 heavy (non-hydrogen) atoms. The van der Waals surface area contributed by atoms with E-state index in [-0.39, 0.29) is 69.1 Å². The highest BCUT2D eigenvalue weighted by molar-refractivity contribution is 8.21. The average molecular weight is 972 g/mol. The fourth-order valence-electron chi connectivity index (χ4n) is 7.14. The lowest BCUT2D eigenvalue weighted by molar-refractivity contribution is -0.135. The van der Waals surface area contributed by atoms with Gasteiger partial charge in [-0.1, -0.05) is 26.7 Å². The number of aliphatic hydroxyl groups excluding tert-OH is 2. The average Bonchev–Trinajstić information content (AvgIpc) is 4.04. The Morgan fingerprint density at radius 3 is 1.52 bits per heavy atom. The molecule has 4 saturated heterocycles. The topological polar surface area (TPSA) is 264 Å². The molecule has 23 heteroatoms. The number of hydrogen-bond donors (Lipinski definition) is 9. The highest BCUT2D eigenvalue weighted by Crippen LogP contribution is 2.51. The summed E-state index contributed by atoms with van der Waals surface area (Å²) >= 11 is 7.56. The number of likely N-dealkylation sites (N-methyl/N-ethyl adjacent to an activating group) is 1. The Bertz CT molecular complexity index is 1570. The maximum atomic E-state index is 12.9. The van der Waals surface area contributed by atoms with Gasteiger partial charge in [0.05, 0.1) is 57.5 Å². The number of rotatable bonds is 20. The van der Waals surface area contributed by atoms with Crippen LogP contribution in [-0.2, 0) is 38.4 Å². The second kappa shape index (κ2) is 26.6. The van der Waals surface area contributed by atoms with E-state index in [4.69, 9.17) is 0 Å². The molecule has 2 spiro atoms. The summed E-state index contributed by atoms with van der Waals surface area (Å²) in [4.78, 5) is 98.5. The number of amides is 6. The van der Waals surface area contributed by atoms with Gasteiger partial charge in [-0.05, 0) is 60.4 Å². The highest BCUT2D eigenvalue weighted by atomic mass is 35.5. The van der Waals surface area contributed by atoms with Crippen LogP contribution in [0.3, 0.4) is 0 Å². The third kappa shape index (κ3) is 16.9. The van der Waals surface area contributed by atoms with Crippen LogP contribution in [0.2, 0.25) is 0 Å². The zero-order valence-corrected chi connectivity index (χ0v) is 40.7. The maximum Gasteiger partial charge on any atom is 0.251 e. The Morgan fingerprint density at radius 1 is 0.677 bits per heavy atom. The Labute approximate surface area is 388 Å². The number of aliphatic hydroxyl groups is 2. The fraction of sp³-hybridized carbons (Fsp3) is 0.795. The van der Waals surface area contributed by atoms with Crippen LogP contribution in [0.15, 0.2) is 0 Å². The summed E-state index contributed by atoms with van der Waals surface area (Å²) in [5.74, 6) is 1.00. The zero-order valence-electron chi connectivity index (χ0n) is 36.7. The number of halogens is 1. The molecule has 6 amide bonds. The van der Waals surface area contributed by atoms with E-state index in [0.717, 1.165) is 42.5 Å². The lowest BCUT2D eigenvalue weighted by Crippen LogP contribution is -2.55. The van der Waals surface area contributed by atoms with E-state index >= 15 is 0 Å². The molecule has 354 valence electrons. The fourth-order valence-corrected chi connectivity index (χ4v) is 13.7. The normalized spacial score (nSPS) is 22.7. The number of Topliss-reactive ketones (excluding diaryl/α,β-unsaturated/α-hetero) is 2. The van der Waals surface area contributed by atoms with Crippen molar-refractivity contribution in [3.63, 3.8) is 0 Å². The molecule has 0 aromatic heterocycles. The van der Waals surface area contributed by atoms with Crippen molar-refractivity contribution in [1.82, 2.24) is 42.1 Å². The SMILES string of the molecule is CCCC(NC(=O)[C@@H]1CC2(CN1)SCCS2)C(O)C(=O)NCC(=O)N[C@@H](C)C(C)=O.CCCC(NC(=O)[C@@H]1CC2(CN1C)SCCS2)C(O)C(=O)NCC(=O)N[C@@H](C)C(C)=O.Cl. The Kier molecular flexibility index (Phi) is 24.0. The number of thioether (sulfide) groups is 4. The van der Waals surface area contributed by atoms with E-state index in [0.29, 0.717) is 32.1 Å². The first kappa shape index (κ1) is 55.8. The molecule has 0 radical (unpaired) electrons. The van der Waals surface area contributed by atoms with Crippen LogP contribution < -0.4 is 37.2 Å². The number of carbonyl (C=O) groups excluding carboxylic acids is 8. The van der Waals surface area contributed by atoms with Gasteiger partial charge in [0.1, 0.15) is 0 Å². The minimum atomic E-state index is -1.47. The quantitative estimate of drug-likeness (QED) is 0.0747. The van der Waals surface area contributed by atoms with E-state index in [1.807, 2.05) is 72.8 Å². The summed E-state index contributed by atoms with van der Waals surface area (Å²) in [7, 11) is 1.93. The minimum absolute atomic E-state index is 0. The predicted octanol–water partition coefficient (Wildman–Crippen LogP) is -0.475. The number of hydrogen-bond acceptors (Lipinski definition) is 16. The van der Waals surface area contributed by atoms with Crippen LogP contribution in [0.5, 0.6) is 0 Å². The minimum Gasteiger partial charge on any atom is -0.381 e. The van der Waals surface area contributed by atoms with Gasteiger partial charge < -0.3 is 47.4 Å². The third-order valence-corrected chi connectivity index (χ3v) is 17.8. The van der Waals surface area contributed by atoms with Crippen LogP contribution in [-0.4, -0.2) is 175 Å². The first-order valence-corrected chi connectivity index (χ1v) is 24.8. The largest absolute Gasteiger partial charge is 0.381 e. The van der Waals surface area contributed by atoms with E-state index < -0.39 is 60.0 Å². The first-order valence-electron chi connectivity index (χ1n) is 20.9. The van der Waals surface area contributed by atoms with E-state index in [1.165, 1.54) is 13.8 Å². The Hall–Kier alpha value is -2.31. The molecule has 0 bridgehead atoms. The molecule has 4 aliphatic heterocycles. The number of nitrogens with one attached hydrogen (secondary N) is 7. The Balaban J connectivity index is 0.000000420. The molecule has 4 fully saturated rings. The molecule has 4 rings (SSSR count). The van der Waals surface area contributed by atoms with Gasteiger partial charge in [0.15, 0.2) is 23.8 Å². The second-order valence-electron chi connectivity index (χ2n) is 15.9. The van der Waals surface area contributed by atoms with Gasteiger partial charge in [-0.2, -0.15) is 0 Å². The molecule has 4 heterocycles. The molecule has 9 N–H and O–H groups in total. The van der Waals surface area contributed by atoms with Gasteiger partial charge in [-0.15, -0.1) is 59.5 Å². The van der Waals surface area contributed by atoms with E-state index in [2.05, 4.69) is 37.2 Å². The summed E-state index contributed by atoms with van der Waals surface area (Å²) in [5.41, 5.74) is 0. The molecule has 4 unspecified atom stereocenters. The van der Waals surface area contributed by atoms with Crippen molar-refractivity contribution in [2.24, 2.45) is 0 Å². The first-order chi connectivity index (χ1) is 28.8.